The molecule has 0 radical (unpaired) electrons. The fraction of sp³-hybridized carbons (Fsp3) is 0.562. The molecule has 0 spiro atoms. The number of hydrogen-bond donors (Lipinski definition) is 1. The van der Waals surface area contributed by atoms with Crippen LogP contribution < -0.4 is 5.32 Å². The fourth-order valence-corrected chi connectivity index (χ4v) is 5.00. The number of carbonyl (C=O) groups excluding carboxylic acids is 1. The third-order valence-electron chi connectivity index (χ3n) is 5.37. The van der Waals surface area contributed by atoms with Crippen LogP contribution in [0.1, 0.15) is 35.2 Å². The summed E-state index contributed by atoms with van der Waals surface area (Å²) in [6, 6.07) is 6.43. The van der Waals surface area contributed by atoms with Crippen LogP contribution in [0.25, 0.3) is 0 Å². The largest absolute Gasteiger partial charge is 0.313 e. The van der Waals surface area contributed by atoms with Gasteiger partial charge in [0.25, 0.3) is 0 Å². The Morgan fingerprint density at radius 1 is 1.26 bits per heavy atom. The second kappa shape index (κ2) is 4.42. The molecule has 100 valence electrons. The first-order valence-electron chi connectivity index (χ1n) is 7.30. The third kappa shape index (κ3) is 1.74. The van der Waals surface area contributed by atoms with E-state index < -0.39 is 0 Å². The van der Waals surface area contributed by atoms with Crippen LogP contribution >= 0.6 is 15.9 Å². The van der Waals surface area contributed by atoms with Gasteiger partial charge in [-0.2, -0.15) is 0 Å². The Morgan fingerprint density at radius 2 is 2.16 bits per heavy atom. The molecule has 4 unspecified atom stereocenters. The molecule has 1 aromatic carbocycles. The van der Waals surface area contributed by atoms with E-state index in [4.69, 9.17) is 0 Å². The summed E-state index contributed by atoms with van der Waals surface area (Å²) in [5.74, 6) is 2.09. The highest BCUT2D eigenvalue weighted by Gasteiger charge is 2.47. The Hall–Kier alpha value is -0.670. The summed E-state index contributed by atoms with van der Waals surface area (Å²) in [5.41, 5.74) is 2.17. The van der Waals surface area contributed by atoms with Crippen LogP contribution in [0, 0.1) is 17.8 Å². The Kier molecular flexibility index (Phi) is 2.82. The Labute approximate surface area is 122 Å². The van der Waals surface area contributed by atoms with Gasteiger partial charge in [-0.25, -0.2) is 0 Å². The minimum atomic E-state index is 0.168. The smallest absolute Gasteiger partial charge is 0.168 e. The molecule has 1 aliphatic heterocycles. The van der Waals surface area contributed by atoms with Crippen molar-refractivity contribution in [2.45, 2.75) is 31.7 Å². The van der Waals surface area contributed by atoms with Gasteiger partial charge in [-0.15, -0.1) is 0 Å². The van der Waals surface area contributed by atoms with E-state index in [0.29, 0.717) is 11.8 Å². The summed E-state index contributed by atoms with van der Waals surface area (Å²) in [6.07, 6.45) is 4.93. The molecule has 0 bridgehead atoms. The molecule has 1 aromatic rings. The molecule has 2 fully saturated rings. The molecule has 4 atom stereocenters. The molecule has 3 heteroatoms. The minimum Gasteiger partial charge on any atom is -0.313 e. The van der Waals surface area contributed by atoms with Crippen molar-refractivity contribution in [1.29, 1.82) is 0 Å². The van der Waals surface area contributed by atoms with Crippen molar-refractivity contribution in [2.75, 3.05) is 6.54 Å². The van der Waals surface area contributed by atoms with Crippen LogP contribution in [-0.4, -0.2) is 18.4 Å². The van der Waals surface area contributed by atoms with Gasteiger partial charge in [0.1, 0.15) is 0 Å². The first-order valence-corrected chi connectivity index (χ1v) is 8.10. The monoisotopic (exact) mass is 319 g/mol. The van der Waals surface area contributed by atoms with E-state index >= 15 is 0 Å². The number of nitrogens with one attached hydrogen (secondary N) is 1. The van der Waals surface area contributed by atoms with Crippen LogP contribution in [0.2, 0.25) is 0 Å². The molecule has 19 heavy (non-hydrogen) atoms. The topological polar surface area (TPSA) is 29.1 Å². The lowest BCUT2D eigenvalue weighted by atomic mass is 9.84. The summed E-state index contributed by atoms with van der Waals surface area (Å²) in [6.45, 7) is 1.12. The van der Waals surface area contributed by atoms with Gasteiger partial charge >= 0.3 is 0 Å². The number of rotatable bonds is 1. The van der Waals surface area contributed by atoms with Crippen LogP contribution in [0.5, 0.6) is 0 Å². The van der Waals surface area contributed by atoms with Crippen molar-refractivity contribution in [1.82, 2.24) is 5.32 Å². The second-order valence-corrected chi connectivity index (χ2v) is 7.08. The molecule has 0 amide bonds. The number of ketones is 1. The lowest BCUT2D eigenvalue weighted by Gasteiger charge is -2.23. The van der Waals surface area contributed by atoms with Gasteiger partial charge in [0.2, 0.25) is 0 Å². The average Bonchev–Trinajstić information content (AvgIpc) is 3.05. The summed E-state index contributed by atoms with van der Waals surface area (Å²) in [4.78, 5) is 12.7. The van der Waals surface area contributed by atoms with Crippen LogP contribution in [-0.2, 0) is 6.42 Å². The maximum absolute atomic E-state index is 12.7. The minimum absolute atomic E-state index is 0.168. The molecule has 1 saturated carbocycles. The van der Waals surface area contributed by atoms with Crippen molar-refractivity contribution < 1.29 is 4.79 Å². The summed E-state index contributed by atoms with van der Waals surface area (Å²) in [7, 11) is 0. The van der Waals surface area contributed by atoms with Crippen LogP contribution in [0.3, 0.4) is 0 Å². The first kappa shape index (κ1) is 12.1. The number of benzene rings is 1. The van der Waals surface area contributed by atoms with E-state index in [1.165, 1.54) is 24.8 Å². The highest BCUT2D eigenvalue weighted by atomic mass is 79.9. The average molecular weight is 320 g/mol. The van der Waals surface area contributed by atoms with E-state index in [1.54, 1.807) is 0 Å². The molecule has 1 heterocycles. The maximum Gasteiger partial charge on any atom is 0.168 e. The molecule has 0 aromatic heterocycles. The normalized spacial score (nSPS) is 36.6. The van der Waals surface area contributed by atoms with Crippen molar-refractivity contribution in [3.63, 3.8) is 0 Å². The number of hydrogen-bond acceptors (Lipinski definition) is 2. The fourth-order valence-electron chi connectivity index (χ4n) is 4.47. The van der Waals surface area contributed by atoms with Gasteiger partial charge in [0.05, 0.1) is 0 Å². The zero-order chi connectivity index (χ0) is 13.0. The van der Waals surface area contributed by atoms with Crippen LogP contribution in [0.15, 0.2) is 22.7 Å². The zero-order valence-electron chi connectivity index (χ0n) is 10.9. The van der Waals surface area contributed by atoms with Crippen molar-refractivity contribution in [2.24, 2.45) is 17.8 Å². The van der Waals surface area contributed by atoms with E-state index in [9.17, 15) is 4.79 Å². The summed E-state index contributed by atoms with van der Waals surface area (Å²) in [5, 5.41) is 3.65. The molecule has 2 nitrogen and oxygen atoms in total. The van der Waals surface area contributed by atoms with Crippen LogP contribution in [0.4, 0.5) is 0 Å². The van der Waals surface area contributed by atoms with Gasteiger partial charge < -0.3 is 5.32 Å². The first-order chi connectivity index (χ1) is 9.25. The lowest BCUT2D eigenvalue weighted by molar-refractivity contribution is 0.0897. The van der Waals surface area contributed by atoms with E-state index in [0.717, 1.165) is 34.8 Å². The number of Topliss-reactive ketones (excluding diaryl/α,β-unsaturated/α-hetero) is 1. The van der Waals surface area contributed by atoms with E-state index in [1.807, 2.05) is 12.1 Å². The van der Waals surface area contributed by atoms with Crippen molar-refractivity contribution in [3.05, 3.63) is 33.8 Å². The summed E-state index contributed by atoms with van der Waals surface area (Å²) < 4.78 is 1.10. The molecule has 3 aliphatic rings. The molecule has 4 rings (SSSR count). The van der Waals surface area contributed by atoms with E-state index in [-0.39, 0.29) is 5.92 Å². The van der Waals surface area contributed by atoms with Crippen molar-refractivity contribution in [3.8, 4) is 0 Å². The Bertz CT molecular complexity index is 542. The number of carbonyl (C=O) groups is 1. The van der Waals surface area contributed by atoms with E-state index in [2.05, 4.69) is 27.3 Å². The molecule has 2 aliphatic carbocycles. The molecular formula is C16H18BrNO. The highest BCUT2D eigenvalue weighted by molar-refractivity contribution is 9.10. The predicted molar refractivity (Wildman–Crippen MR) is 78.3 cm³/mol. The predicted octanol–water partition coefficient (Wildman–Crippen LogP) is 3.19. The molecule has 1 saturated heterocycles. The Balaban J connectivity index is 1.65. The quantitative estimate of drug-likeness (QED) is 0.861. The third-order valence-corrected chi connectivity index (χ3v) is 6.12. The molecule has 1 N–H and O–H groups in total. The summed E-state index contributed by atoms with van der Waals surface area (Å²) >= 11 is 3.59. The van der Waals surface area contributed by atoms with Gasteiger partial charge in [-0.3, -0.25) is 4.79 Å². The second-order valence-electron chi connectivity index (χ2n) is 6.23. The highest BCUT2D eigenvalue weighted by Crippen LogP contribution is 2.44. The lowest BCUT2D eigenvalue weighted by Crippen LogP contribution is -2.38. The maximum atomic E-state index is 12.7. The molecular weight excluding hydrogens is 302 g/mol. The standard InChI is InChI=1S/C16H18BrNO/c17-14-6-2-5-11-12(14)7-13(16(11)19)15-10-4-1-3-9(10)8-18-15/h2,5-6,9-10,13,15,18H,1,3-4,7-8H2. The van der Waals surface area contributed by atoms with Gasteiger partial charge in [0.15, 0.2) is 5.78 Å². The zero-order valence-corrected chi connectivity index (χ0v) is 12.4. The number of fused-ring (bicyclic) bond motifs is 2. The van der Waals surface area contributed by atoms with Crippen molar-refractivity contribution >= 4 is 21.7 Å². The SMILES string of the molecule is O=C1c2cccc(Br)c2CC1C1NCC2CCCC21. The van der Waals surface area contributed by atoms with Gasteiger partial charge in [0, 0.05) is 22.0 Å². The van der Waals surface area contributed by atoms with Gasteiger partial charge in [-0.05, 0) is 49.3 Å². The van der Waals surface area contributed by atoms with Gasteiger partial charge in [-0.1, -0.05) is 34.5 Å². The Morgan fingerprint density at radius 3 is 3.00 bits per heavy atom. The number of halogens is 1.